The summed E-state index contributed by atoms with van der Waals surface area (Å²) < 4.78 is 0. The summed E-state index contributed by atoms with van der Waals surface area (Å²) in [7, 11) is 0. The van der Waals surface area contributed by atoms with E-state index in [1.807, 2.05) is 5.38 Å². The summed E-state index contributed by atoms with van der Waals surface area (Å²) in [4.78, 5) is 25.2. The molecule has 0 aromatic carbocycles. The minimum absolute atomic E-state index is 0.00984. The standard InChI is InChI=1S/C13H18N2O3S/c16-11-2-1-6-15(8-11)12(17)3-5-14-13(18)10-4-7-19-9-10/h4,7,9,11,16H,1-3,5-6,8H2,(H,14,18). The highest BCUT2D eigenvalue weighted by Crippen LogP contribution is 2.10. The second-order valence-corrected chi connectivity index (χ2v) is 5.43. The number of nitrogens with one attached hydrogen (secondary N) is 1. The van der Waals surface area contributed by atoms with Gasteiger partial charge in [-0.2, -0.15) is 11.3 Å². The molecule has 0 radical (unpaired) electrons. The summed E-state index contributed by atoms with van der Waals surface area (Å²) >= 11 is 1.47. The molecular formula is C13H18N2O3S. The third-order valence-corrected chi connectivity index (χ3v) is 3.84. The minimum Gasteiger partial charge on any atom is -0.391 e. The Balaban J connectivity index is 1.70. The Hall–Kier alpha value is -1.40. The van der Waals surface area contributed by atoms with Crippen molar-refractivity contribution in [2.45, 2.75) is 25.4 Å². The van der Waals surface area contributed by atoms with E-state index in [0.717, 1.165) is 12.8 Å². The quantitative estimate of drug-likeness (QED) is 0.860. The lowest BCUT2D eigenvalue weighted by Gasteiger charge is -2.30. The molecule has 19 heavy (non-hydrogen) atoms. The molecule has 1 aliphatic rings. The van der Waals surface area contributed by atoms with Gasteiger partial charge in [-0.1, -0.05) is 0 Å². The molecule has 0 spiro atoms. The summed E-state index contributed by atoms with van der Waals surface area (Å²) in [5.74, 6) is -0.155. The molecular weight excluding hydrogens is 264 g/mol. The number of carbonyl (C=O) groups is 2. The second kappa shape index (κ2) is 6.68. The fraction of sp³-hybridized carbons (Fsp3) is 0.538. The molecule has 0 aliphatic carbocycles. The first-order valence-electron chi connectivity index (χ1n) is 6.43. The largest absolute Gasteiger partial charge is 0.391 e. The zero-order valence-electron chi connectivity index (χ0n) is 10.7. The van der Waals surface area contributed by atoms with Gasteiger partial charge in [0, 0.05) is 37.0 Å². The number of nitrogens with zero attached hydrogens (tertiary/aromatic N) is 1. The van der Waals surface area contributed by atoms with Crippen LogP contribution in [-0.2, 0) is 4.79 Å². The van der Waals surface area contributed by atoms with Crippen molar-refractivity contribution in [3.05, 3.63) is 22.4 Å². The van der Waals surface area contributed by atoms with Gasteiger partial charge in [-0.05, 0) is 24.3 Å². The number of piperidine rings is 1. The zero-order valence-corrected chi connectivity index (χ0v) is 11.5. The Kier molecular flexibility index (Phi) is 4.93. The van der Waals surface area contributed by atoms with Crippen molar-refractivity contribution in [1.82, 2.24) is 10.2 Å². The highest BCUT2D eigenvalue weighted by Gasteiger charge is 2.21. The smallest absolute Gasteiger partial charge is 0.252 e. The van der Waals surface area contributed by atoms with Gasteiger partial charge in [-0.25, -0.2) is 0 Å². The molecule has 0 bridgehead atoms. The molecule has 5 nitrogen and oxygen atoms in total. The van der Waals surface area contributed by atoms with Crippen LogP contribution in [0.15, 0.2) is 16.8 Å². The fourth-order valence-corrected chi connectivity index (χ4v) is 2.75. The highest BCUT2D eigenvalue weighted by molar-refractivity contribution is 7.08. The molecule has 6 heteroatoms. The van der Waals surface area contributed by atoms with Crippen molar-refractivity contribution in [2.75, 3.05) is 19.6 Å². The van der Waals surface area contributed by atoms with Gasteiger partial charge in [0.2, 0.25) is 5.91 Å². The Morgan fingerprint density at radius 1 is 1.53 bits per heavy atom. The van der Waals surface area contributed by atoms with Gasteiger partial charge in [-0.15, -0.1) is 0 Å². The van der Waals surface area contributed by atoms with E-state index >= 15 is 0 Å². The van der Waals surface area contributed by atoms with Gasteiger partial charge < -0.3 is 15.3 Å². The van der Waals surface area contributed by atoms with Crippen LogP contribution < -0.4 is 5.32 Å². The van der Waals surface area contributed by atoms with E-state index in [4.69, 9.17) is 0 Å². The first-order chi connectivity index (χ1) is 9.16. The first-order valence-corrected chi connectivity index (χ1v) is 7.37. The second-order valence-electron chi connectivity index (χ2n) is 4.65. The summed E-state index contributed by atoms with van der Waals surface area (Å²) in [6.07, 6.45) is 1.48. The number of β-amino-alcohol motifs (C(OH)–C–C–N with tert-alkyl or cyclic N) is 1. The van der Waals surface area contributed by atoms with Gasteiger partial charge in [0.05, 0.1) is 6.10 Å². The van der Waals surface area contributed by atoms with E-state index in [1.165, 1.54) is 11.3 Å². The SMILES string of the molecule is O=C(NCCC(=O)N1CCCC(O)C1)c1ccsc1. The van der Waals surface area contributed by atoms with Crippen molar-refractivity contribution in [1.29, 1.82) is 0 Å². The molecule has 104 valence electrons. The maximum Gasteiger partial charge on any atom is 0.252 e. The van der Waals surface area contributed by atoms with Crippen LogP contribution >= 0.6 is 11.3 Å². The maximum absolute atomic E-state index is 11.9. The van der Waals surface area contributed by atoms with Gasteiger partial charge in [0.1, 0.15) is 0 Å². The molecule has 1 saturated heterocycles. The normalized spacial score (nSPS) is 19.2. The number of likely N-dealkylation sites (tertiary alicyclic amines) is 1. The third-order valence-electron chi connectivity index (χ3n) is 3.16. The number of carbonyl (C=O) groups excluding carboxylic acids is 2. The number of hydrogen-bond acceptors (Lipinski definition) is 4. The number of thiophene rings is 1. The zero-order chi connectivity index (χ0) is 13.7. The molecule has 1 aliphatic heterocycles. The Bertz CT molecular complexity index is 433. The Morgan fingerprint density at radius 2 is 2.37 bits per heavy atom. The van der Waals surface area contributed by atoms with Crippen molar-refractivity contribution >= 4 is 23.2 Å². The number of amides is 2. The van der Waals surface area contributed by atoms with Crippen molar-refractivity contribution in [3.63, 3.8) is 0 Å². The number of aliphatic hydroxyl groups is 1. The van der Waals surface area contributed by atoms with Crippen molar-refractivity contribution < 1.29 is 14.7 Å². The molecule has 1 fully saturated rings. The Morgan fingerprint density at radius 3 is 3.05 bits per heavy atom. The van der Waals surface area contributed by atoms with E-state index in [9.17, 15) is 14.7 Å². The number of aliphatic hydroxyl groups excluding tert-OH is 1. The van der Waals surface area contributed by atoms with Crippen LogP contribution in [0.3, 0.4) is 0 Å². The molecule has 1 aromatic rings. The maximum atomic E-state index is 11.9. The van der Waals surface area contributed by atoms with Crippen LogP contribution in [0.1, 0.15) is 29.6 Å². The van der Waals surface area contributed by atoms with Gasteiger partial charge in [-0.3, -0.25) is 9.59 Å². The third kappa shape index (κ3) is 4.04. The van der Waals surface area contributed by atoms with E-state index in [-0.39, 0.29) is 18.2 Å². The lowest BCUT2D eigenvalue weighted by Crippen LogP contribution is -2.43. The monoisotopic (exact) mass is 282 g/mol. The van der Waals surface area contributed by atoms with Gasteiger partial charge in [0.15, 0.2) is 0 Å². The lowest BCUT2D eigenvalue weighted by molar-refractivity contribution is -0.134. The van der Waals surface area contributed by atoms with E-state index in [1.54, 1.807) is 16.3 Å². The minimum atomic E-state index is -0.405. The molecule has 2 heterocycles. The molecule has 2 amide bonds. The highest BCUT2D eigenvalue weighted by atomic mass is 32.1. The molecule has 2 N–H and O–H groups in total. The van der Waals surface area contributed by atoms with Crippen LogP contribution in [0, 0.1) is 0 Å². The molecule has 1 aromatic heterocycles. The molecule has 0 saturated carbocycles. The average molecular weight is 282 g/mol. The molecule has 1 unspecified atom stereocenters. The van der Waals surface area contributed by atoms with Crippen LogP contribution in [0.4, 0.5) is 0 Å². The van der Waals surface area contributed by atoms with Crippen LogP contribution in [0.25, 0.3) is 0 Å². The van der Waals surface area contributed by atoms with Crippen LogP contribution in [0.2, 0.25) is 0 Å². The predicted molar refractivity (Wildman–Crippen MR) is 73.1 cm³/mol. The van der Waals surface area contributed by atoms with Crippen LogP contribution in [0.5, 0.6) is 0 Å². The van der Waals surface area contributed by atoms with Gasteiger partial charge >= 0.3 is 0 Å². The summed E-state index contributed by atoms with van der Waals surface area (Å²) in [6.45, 7) is 1.45. The lowest BCUT2D eigenvalue weighted by atomic mass is 10.1. The number of hydrogen-bond donors (Lipinski definition) is 2. The van der Waals surface area contributed by atoms with E-state index in [0.29, 0.717) is 25.2 Å². The topological polar surface area (TPSA) is 69.6 Å². The average Bonchev–Trinajstić information content (AvgIpc) is 2.92. The molecule has 1 atom stereocenters. The summed E-state index contributed by atoms with van der Waals surface area (Å²) in [6, 6.07) is 1.75. The van der Waals surface area contributed by atoms with Crippen LogP contribution in [-0.4, -0.2) is 47.6 Å². The fourth-order valence-electron chi connectivity index (χ4n) is 2.12. The first kappa shape index (κ1) is 14.0. The van der Waals surface area contributed by atoms with E-state index < -0.39 is 6.10 Å². The predicted octanol–water partition coefficient (Wildman–Crippen LogP) is 0.851. The summed E-state index contributed by atoms with van der Waals surface area (Å²) in [5.41, 5.74) is 0.630. The molecule has 2 rings (SSSR count). The Labute approximate surface area is 116 Å². The van der Waals surface area contributed by atoms with Crippen molar-refractivity contribution in [2.24, 2.45) is 0 Å². The van der Waals surface area contributed by atoms with Gasteiger partial charge in [0.25, 0.3) is 5.91 Å². The van der Waals surface area contributed by atoms with E-state index in [2.05, 4.69) is 5.32 Å². The summed E-state index contributed by atoms with van der Waals surface area (Å²) in [5, 5.41) is 15.8. The van der Waals surface area contributed by atoms with Crippen molar-refractivity contribution in [3.8, 4) is 0 Å². The number of rotatable bonds is 4.